The van der Waals surface area contributed by atoms with Crippen molar-refractivity contribution in [2.24, 2.45) is 5.92 Å². The van der Waals surface area contributed by atoms with Gasteiger partial charge < -0.3 is 10.1 Å². The lowest BCUT2D eigenvalue weighted by Crippen LogP contribution is -2.35. The van der Waals surface area contributed by atoms with Crippen molar-refractivity contribution in [3.8, 4) is 22.8 Å². The van der Waals surface area contributed by atoms with E-state index in [2.05, 4.69) is 22.4 Å². The van der Waals surface area contributed by atoms with Crippen molar-refractivity contribution in [2.45, 2.75) is 31.0 Å². The van der Waals surface area contributed by atoms with Crippen LogP contribution < -0.4 is 10.1 Å². The van der Waals surface area contributed by atoms with Crippen molar-refractivity contribution in [3.05, 3.63) is 52.5 Å². The van der Waals surface area contributed by atoms with Crippen LogP contribution in [0.5, 0.6) is 5.75 Å². The van der Waals surface area contributed by atoms with E-state index in [1.807, 2.05) is 22.8 Å². The molecule has 9 heteroatoms. The average Bonchev–Trinajstić information content (AvgIpc) is 3.52. The van der Waals surface area contributed by atoms with Crippen molar-refractivity contribution >= 4 is 40.9 Å². The molecule has 162 valence electrons. The second-order valence-electron chi connectivity index (χ2n) is 7.45. The number of hydrogen-bond acceptors (Lipinski definition) is 5. The Kier molecular flexibility index (Phi) is 6.74. The first kappa shape index (κ1) is 22.0. The number of aromatic nitrogens is 3. The maximum absolute atomic E-state index is 12.5. The summed E-state index contributed by atoms with van der Waals surface area (Å²) in [5, 5.41) is 13.5. The fourth-order valence-corrected chi connectivity index (χ4v) is 4.49. The van der Waals surface area contributed by atoms with Gasteiger partial charge in [-0.15, -0.1) is 10.2 Å². The molecule has 0 bridgehead atoms. The molecule has 0 radical (unpaired) electrons. The van der Waals surface area contributed by atoms with Crippen LogP contribution >= 0.6 is 35.0 Å². The number of benzene rings is 2. The molecule has 1 fully saturated rings. The normalized spacial score (nSPS) is 14.3. The molecule has 1 heterocycles. The number of rotatable bonds is 8. The summed E-state index contributed by atoms with van der Waals surface area (Å²) in [7, 11) is 1.59. The Morgan fingerprint density at radius 3 is 2.71 bits per heavy atom. The summed E-state index contributed by atoms with van der Waals surface area (Å²) in [4.78, 5) is 12.5. The predicted octanol–water partition coefficient (Wildman–Crippen LogP) is 5.26. The summed E-state index contributed by atoms with van der Waals surface area (Å²) >= 11 is 13.8. The standard InChI is InChI=1S/C22H22Cl2N4O2S/c1-13(14-6-7-14)25-20(29)12-31-22-27-26-21(15-4-3-5-16(23)10-15)28(22)18-11-17(24)8-9-19(18)30-2/h3-5,8-11,13-14H,6-7,12H2,1-2H3,(H,25,29). The largest absolute Gasteiger partial charge is 0.495 e. The van der Waals surface area contributed by atoms with Crippen LogP contribution in [0.15, 0.2) is 47.6 Å². The minimum atomic E-state index is -0.0266. The van der Waals surface area contributed by atoms with Gasteiger partial charge in [0, 0.05) is 21.7 Å². The maximum Gasteiger partial charge on any atom is 0.230 e. The fraction of sp³-hybridized carbons (Fsp3) is 0.318. The Morgan fingerprint density at radius 1 is 1.23 bits per heavy atom. The summed E-state index contributed by atoms with van der Waals surface area (Å²) in [6.07, 6.45) is 2.36. The Bertz CT molecular complexity index is 1100. The van der Waals surface area contributed by atoms with Gasteiger partial charge in [-0.2, -0.15) is 0 Å². The first-order valence-electron chi connectivity index (χ1n) is 9.93. The molecular weight excluding hydrogens is 455 g/mol. The van der Waals surface area contributed by atoms with E-state index in [1.165, 1.54) is 24.6 Å². The third-order valence-electron chi connectivity index (χ3n) is 5.15. The Labute approximate surface area is 195 Å². The zero-order valence-electron chi connectivity index (χ0n) is 17.1. The lowest BCUT2D eigenvalue weighted by molar-refractivity contribution is -0.119. The van der Waals surface area contributed by atoms with Crippen molar-refractivity contribution in [1.29, 1.82) is 0 Å². The molecule has 1 unspecified atom stereocenters. The van der Waals surface area contributed by atoms with Crippen LogP contribution in [-0.4, -0.2) is 39.6 Å². The summed E-state index contributed by atoms with van der Waals surface area (Å²) in [6.45, 7) is 2.05. The molecule has 1 N–H and O–H groups in total. The van der Waals surface area contributed by atoms with E-state index in [-0.39, 0.29) is 17.7 Å². The van der Waals surface area contributed by atoms with E-state index in [9.17, 15) is 4.79 Å². The molecule has 1 atom stereocenters. The van der Waals surface area contributed by atoms with Gasteiger partial charge >= 0.3 is 0 Å². The van der Waals surface area contributed by atoms with Gasteiger partial charge in [0.25, 0.3) is 0 Å². The maximum atomic E-state index is 12.5. The number of carbonyl (C=O) groups is 1. The molecule has 4 rings (SSSR count). The van der Waals surface area contributed by atoms with Gasteiger partial charge in [0.15, 0.2) is 11.0 Å². The quantitative estimate of drug-likeness (QED) is 0.449. The molecule has 1 aromatic heterocycles. The van der Waals surface area contributed by atoms with E-state index < -0.39 is 0 Å². The van der Waals surface area contributed by atoms with Crippen LogP contribution in [-0.2, 0) is 4.79 Å². The number of nitrogens with one attached hydrogen (secondary N) is 1. The van der Waals surface area contributed by atoms with Crippen LogP contribution in [0.25, 0.3) is 17.1 Å². The van der Waals surface area contributed by atoms with Crippen LogP contribution in [0.3, 0.4) is 0 Å². The molecule has 0 spiro atoms. The van der Waals surface area contributed by atoms with E-state index in [1.54, 1.807) is 31.4 Å². The Morgan fingerprint density at radius 2 is 2.00 bits per heavy atom. The van der Waals surface area contributed by atoms with Crippen molar-refractivity contribution in [1.82, 2.24) is 20.1 Å². The van der Waals surface area contributed by atoms with Gasteiger partial charge in [0.05, 0.1) is 18.6 Å². The third kappa shape index (κ3) is 5.17. The summed E-state index contributed by atoms with van der Waals surface area (Å²) in [6, 6.07) is 12.9. The number of halogens is 2. The molecule has 3 aromatic rings. The summed E-state index contributed by atoms with van der Waals surface area (Å²) in [5.41, 5.74) is 1.48. The number of methoxy groups -OCH3 is 1. The van der Waals surface area contributed by atoms with Crippen LogP contribution in [0.4, 0.5) is 0 Å². The van der Waals surface area contributed by atoms with Crippen LogP contribution in [0.2, 0.25) is 10.0 Å². The van der Waals surface area contributed by atoms with Crippen LogP contribution in [0, 0.1) is 5.92 Å². The van der Waals surface area contributed by atoms with Gasteiger partial charge in [-0.05, 0) is 56.0 Å². The summed E-state index contributed by atoms with van der Waals surface area (Å²) in [5.74, 6) is 2.00. The smallest absolute Gasteiger partial charge is 0.230 e. The molecular formula is C22H22Cl2N4O2S. The highest BCUT2D eigenvalue weighted by Crippen LogP contribution is 2.35. The van der Waals surface area contributed by atoms with E-state index in [0.717, 1.165) is 5.56 Å². The highest BCUT2D eigenvalue weighted by molar-refractivity contribution is 7.99. The number of amides is 1. The topological polar surface area (TPSA) is 69.0 Å². The molecule has 0 aliphatic heterocycles. The van der Waals surface area contributed by atoms with Gasteiger partial charge in [0.2, 0.25) is 5.91 Å². The minimum Gasteiger partial charge on any atom is -0.495 e. The molecule has 1 aliphatic carbocycles. The van der Waals surface area contributed by atoms with E-state index >= 15 is 0 Å². The number of ether oxygens (including phenoxy) is 1. The summed E-state index contributed by atoms with van der Waals surface area (Å²) < 4.78 is 7.40. The highest BCUT2D eigenvalue weighted by Gasteiger charge is 2.29. The first-order valence-corrected chi connectivity index (χ1v) is 11.7. The van der Waals surface area contributed by atoms with Gasteiger partial charge in [-0.1, -0.05) is 47.1 Å². The van der Waals surface area contributed by atoms with Crippen molar-refractivity contribution < 1.29 is 9.53 Å². The monoisotopic (exact) mass is 476 g/mol. The van der Waals surface area contributed by atoms with Gasteiger partial charge in [-0.3, -0.25) is 9.36 Å². The molecule has 1 saturated carbocycles. The zero-order valence-corrected chi connectivity index (χ0v) is 19.5. The van der Waals surface area contributed by atoms with Crippen molar-refractivity contribution in [3.63, 3.8) is 0 Å². The lowest BCUT2D eigenvalue weighted by Gasteiger charge is -2.15. The number of hydrogen-bond donors (Lipinski definition) is 1. The molecule has 6 nitrogen and oxygen atoms in total. The zero-order chi connectivity index (χ0) is 22.0. The predicted molar refractivity (Wildman–Crippen MR) is 124 cm³/mol. The molecule has 31 heavy (non-hydrogen) atoms. The third-order valence-corrected chi connectivity index (χ3v) is 6.55. The van der Waals surface area contributed by atoms with Crippen molar-refractivity contribution in [2.75, 3.05) is 12.9 Å². The Hall–Kier alpha value is -2.22. The fourth-order valence-electron chi connectivity index (χ4n) is 3.37. The SMILES string of the molecule is COc1ccc(Cl)cc1-n1c(SCC(=O)NC(C)C2CC2)nnc1-c1cccc(Cl)c1. The van der Waals surface area contributed by atoms with Gasteiger partial charge in [-0.25, -0.2) is 0 Å². The number of thioether (sulfide) groups is 1. The second-order valence-corrected chi connectivity index (χ2v) is 9.27. The minimum absolute atomic E-state index is 0.0266. The van der Waals surface area contributed by atoms with Gasteiger partial charge in [0.1, 0.15) is 5.75 Å². The second kappa shape index (κ2) is 9.51. The molecule has 0 saturated heterocycles. The number of carbonyl (C=O) groups excluding carboxylic acids is 1. The first-order chi connectivity index (χ1) is 15.0. The molecule has 2 aromatic carbocycles. The lowest BCUT2D eigenvalue weighted by atomic mass is 10.2. The number of nitrogens with zero attached hydrogens (tertiary/aromatic N) is 3. The van der Waals surface area contributed by atoms with E-state index in [0.29, 0.717) is 38.4 Å². The van der Waals surface area contributed by atoms with E-state index in [4.69, 9.17) is 27.9 Å². The molecule has 1 amide bonds. The van der Waals surface area contributed by atoms with Crippen LogP contribution in [0.1, 0.15) is 19.8 Å². The molecule has 1 aliphatic rings. The average molecular weight is 477 g/mol. The Balaban J connectivity index is 1.69. The highest BCUT2D eigenvalue weighted by atomic mass is 35.5.